The van der Waals surface area contributed by atoms with Gasteiger partial charge >= 0.3 is 0 Å². The van der Waals surface area contributed by atoms with Crippen molar-refractivity contribution in [2.45, 2.75) is 98.5 Å². The van der Waals surface area contributed by atoms with E-state index in [1.807, 2.05) is 0 Å². The van der Waals surface area contributed by atoms with Crippen LogP contribution in [0, 0.1) is 46.3 Å². The maximum atomic E-state index is 12.2. The van der Waals surface area contributed by atoms with Crippen molar-refractivity contribution in [1.82, 2.24) is 0 Å². The van der Waals surface area contributed by atoms with Crippen molar-refractivity contribution in [2.75, 3.05) is 0 Å². The van der Waals surface area contributed by atoms with Crippen LogP contribution < -0.4 is 0 Å². The summed E-state index contributed by atoms with van der Waals surface area (Å²) in [6.07, 6.45) is 10.9. The van der Waals surface area contributed by atoms with E-state index in [1.165, 1.54) is 38.5 Å². The van der Waals surface area contributed by atoms with Crippen LogP contribution in [-0.4, -0.2) is 27.9 Å². The maximum absolute atomic E-state index is 12.2. The zero-order chi connectivity index (χ0) is 22.6. The minimum atomic E-state index is -0.918. The number of hydrogen-bond donors (Lipinski definition) is 2. The third-order valence-corrected chi connectivity index (χ3v) is 10.2. The largest absolute Gasteiger partial charge is 0.411 e. The molecule has 174 valence electrons. The number of fused-ring (bicyclic) bond motifs is 5. The molecule has 0 bridgehead atoms. The predicted octanol–water partition coefficient (Wildman–Crippen LogP) is 6.01. The van der Waals surface area contributed by atoms with Gasteiger partial charge in [-0.25, -0.2) is 0 Å². The molecule has 0 amide bonds. The third-order valence-electron chi connectivity index (χ3n) is 10.2. The lowest BCUT2D eigenvalue weighted by Crippen LogP contribution is -2.54. The highest BCUT2D eigenvalue weighted by molar-refractivity contribution is 6.09. The third kappa shape index (κ3) is 3.71. The van der Waals surface area contributed by atoms with Gasteiger partial charge in [-0.15, -0.1) is 0 Å². The number of aliphatic hydroxyl groups is 1. The summed E-state index contributed by atoms with van der Waals surface area (Å²) in [4.78, 5) is 12.2. The van der Waals surface area contributed by atoms with Gasteiger partial charge in [-0.2, -0.15) is 0 Å². The predicted molar refractivity (Wildman–Crippen MR) is 124 cm³/mol. The Kier molecular flexibility index (Phi) is 6.17. The summed E-state index contributed by atoms with van der Waals surface area (Å²) in [5.41, 5.74) is 1.69. The SMILES string of the molecule is CC(C)CCCC(C)[C@H]1CCC2C3C/C(=N/O)C4=CC(=O)[C@@H](O)C[C@]4(C)C3CC[C@@]21C. The number of hydrogen-bond acceptors (Lipinski definition) is 4. The molecule has 2 N–H and O–H groups in total. The quantitative estimate of drug-likeness (QED) is 0.415. The summed E-state index contributed by atoms with van der Waals surface area (Å²) >= 11 is 0. The molecule has 0 heterocycles. The summed E-state index contributed by atoms with van der Waals surface area (Å²) in [6, 6.07) is 0. The number of aliphatic hydroxyl groups excluding tert-OH is 1. The Morgan fingerprint density at radius 3 is 2.55 bits per heavy atom. The Labute approximate surface area is 188 Å². The van der Waals surface area contributed by atoms with Crippen molar-refractivity contribution >= 4 is 11.5 Å². The molecule has 4 heteroatoms. The second-order valence-corrected chi connectivity index (χ2v) is 12.3. The first kappa shape index (κ1) is 23.0. The highest BCUT2D eigenvalue weighted by Gasteiger charge is 2.61. The molecule has 4 nitrogen and oxygen atoms in total. The van der Waals surface area contributed by atoms with E-state index >= 15 is 0 Å². The van der Waals surface area contributed by atoms with E-state index in [2.05, 4.69) is 39.8 Å². The Morgan fingerprint density at radius 2 is 1.87 bits per heavy atom. The van der Waals surface area contributed by atoms with E-state index in [4.69, 9.17) is 0 Å². The van der Waals surface area contributed by atoms with E-state index in [1.54, 1.807) is 6.08 Å². The van der Waals surface area contributed by atoms with Gasteiger partial charge in [0, 0.05) is 5.41 Å². The Balaban J connectivity index is 1.58. The monoisotopic (exact) mass is 429 g/mol. The van der Waals surface area contributed by atoms with Crippen LogP contribution in [0.25, 0.3) is 0 Å². The summed E-state index contributed by atoms with van der Waals surface area (Å²) in [6.45, 7) is 11.9. The molecule has 0 aromatic rings. The van der Waals surface area contributed by atoms with Crippen LogP contribution in [0.5, 0.6) is 0 Å². The second kappa shape index (κ2) is 8.32. The van der Waals surface area contributed by atoms with Crippen LogP contribution >= 0.6 is 0 Å². The Hall–Kier alpha value is -1.16. The molecule has 0 saturated heterocycles. The summed E-state index contributed by atoms with van der Waals surface area (Å²) in [7, 11) is 0. The highest BCUT2D eigenvalue weighted by Crippen LogP contribution is 2.67. The van der Waals surface area contributed by atoms with Crippen molar-refractivity contribution in [1.29, 1.82) is 0 Å². The lowest BCUT2D eigenvalue weighted by molar-refractivity contribution is -0.127. The normalized spacial score (nSPS) is 44.6. The average Bonchev–Trinajstić information content (AvgIpc) is 3.06. The fourth-order valence-corrected chi connectivity index (χ4v) is 8.60. The number of rotatable bonds is 5. The van der Waals surface area contributed by atoms with Crippen LogP contribution in [-0.2, 0) is 4.79 Å². The lowest BCUT2D eigenvalue weighted by atomic mass is 9.46. The number of carbonyl (C=O) groups is 1. The van der Waals surface area contributed by atoms with Gasteiger partial charge in [0.1, 0.15) is 6.10 Å². The molecule has 0 spiro atoms. The number of carbonyl (C=O) groups excluding carboxylic acids is 1. The molecule has 4 unspecified atom stereocenters. The van der Waals surface area contributed by atoms with Gasteiger partial charge < -0.3 is 10.3 Å². The Bertz CT molecular complexity index is 770. The maximum Gasteiger partial charge on any atom is 0.184 e. The first-order valence-corrected chi connectivity index (χ1v) is 12.8. The standard InChI is InChI=1S/C27H43NO3/c1-16(2)7-6-8-17(3)19-9-10-20-18-13-23(28-31)22-14-24(29)25(30)15-27(22,5)21(18)11-12-26(19,20)4/h14,16-21,25,30-31H,6-13,15H2,1-5H3/b28-23-/t17?,18?,19-,20?,21?,25+,26-,27-/m1/s1. The van der Waals surface area contributed by atoms with Crippen molar-refractivity contribution in [3.05, 3.63) is 11.6 Å². The minimum Gasteiger partial charge on any atom is -0.411 e. The smallest absolute Gasteiger partial charge is 0.184 e. The first-order chi connectivity index (χ1) is 14.6. The molecule has 4 rings (SSSR count). The summed E-state index contributed by atoms with van der Waals surface area (Å²) in [5, 5.41) is 23.9. The zero-order valence-electron chi connectivity index (χ0n) is 20.2. The molecule has 8 atom stereocenters. The second-order valence-electron chi connectivity index (χ2n) is 12.3. The van der Waals surface area contributed by atoms with Crippen molar-refractivity contribution < 1.29 is 15.1 Å². The van der Waals surface area contributed by atoms with Crippen LogP contribution in [0.2, 0.25) is 0 Å². The molecule has 3 fully saturated rings. The summed E-state index contributed by atoms with van der Waals surface area (Å²) in [5.74, 6) is 3.69. The van der Waals surface area contributed by atoms with E-state index in [0.717, 1.165) is 36.2 Å². The molecule has 0 aromatic carbocycles. The van der Waals surface area contributed by atoms with Crippen LogP contribution in [0.4, 0.5) is 0 Å². The van der Waals surface area contributed by atoms with E-state index in [9.17, 15) is 15.1 Å². The number of ketones is 1. The fourth-order valence-electron chi connectivity index (χ4n) is 8.60. The minimum absolute atomic E-state index is 0.233. The first-order valence-electron chi connectivity index (χ1n) is 12.8. The molecule has 31 heavy (non-hydrogen) atoms. The van der Waals surface area contributed by atoms with Gasteiger partial charge in [0.2, 0.25) is 0 Å². The molecule has 3 saturated carbocycles. The van der Waals surface area contributed by atoms with E-state index < -0.39 is 6.10 Å². The topological polar surface area (TPSA) is 69.9 Å². The van der Waals surface area contributed by atoms with Crippen molar-refractivity contribution in [3.8, 4) is 0 Å². The van der Waals surface area contributed by atoms with Gasteiger partial charge in [0.05, 0.1) is 5.71 Å². The molecule has 0 aliphatic heterocycles. The van der Waals surface area contributed by atoms with Crippen molar-refractivity contribution in [3.63, 3.8) is 0 Å². The van der Waals surface area contributed by atoms with Gasteiger partial charge in [-0.3, -0.25) is 4.79 Å². The van der Waals surface area contributed by atoms with E-state index in [-0.39, 0.29) is 11.2 Å². The zero-order valence-corrected chi connectivity index (χ0v) is 20.2. The number of nitrogens with zero attached hydrogens (tertiary/aromatic N) is 1. The molecule has 4 aliphatic carbocycles. The fraction of sp³-hybridized carbons (Fsp3) is 0.852. The number of oxime groups is 1. The molecule has 0 radical (unpaired) electrons. The van der Waals surface area contributed by atoms with Crippen LogP contribution in [0.15, 0.2) is 16.8 Å². The summed E-state index contributed by atoms with van der Waals surface area (Å²) < 4.78 is 0. The number of allylic oxidation sites excluding steroid dienone is 1. The molecule has 0 aromatic heterocycles. The average molecular weight is 430 g/mol. The molecular formula is C27H43NO3. The highest BCUT2D eigenvalue weighted by atomic mass is 16.4. The molecular weight excluding hydrogens is 386 g/mol. The van der Waals surface area contributed by atoms with Crippen LogP contribution in [0.3, 0.4) is 0 Å². The van der Waals surface area contributed by atoms with Gasteiger partial charge in [-0.05, 0) is 91.1 Å². The molecule has 4 aliphatic rings. The van der Waals surface area contributed by atoms with Gasteiger partial charge in [0.25, 0.3) is 0 Å². The van der Waals surface area contributed by atoms with Gasteiger partial charge in [0.15, 0.2) is 5.78 Å². The Morgan fingerprint density at radius 1 is 1.13 bits per heavy atom. The van der Waals surface area contributed by atoms with Crippen LogP contribution in [0.1, 0.15) is 92.4 Å². The van der Waals surface area contributed by atoms with E-state index in [0.29, 0.717) is 35.3 Å². The van der Waals surface area contributed by atoms with Gasteiger partial charge in [-0.1, -0.05) is 59.0 Å². The lowest BCUT2D eigenvalue weighted by Gasteiger charge is -2.58. The van der Waals surface area contributed by atoms with Crippen molar-refractivity contribution in [2.24, 2.45) is 51.5 Å².